The molecule has 0 saturated carbocycles. The SMILES string of the molecule is Cc1nc(Cn2c(O)c(F)c(=O)[nH]c2=O)no1. The topological polar surface area (TPSA) is 114 Å². The summed E-state index contributed by atoms with van der Waals surface area (Å²) in [6.45, 7) is 1.22. The Morgan fingerprint density at radius 2 is 2.24 bits per heavy atom. The lowest BCUT2D eigenvalue weighted by Gasteiger charge is -2.04. The highest BCUT2D eigenvalue weighted by atomic mass is 19.1. The molecule has 0 bridgehead atoms. The van der Waals surface area contributed by atoms with Gasteiger partial charge in [0, 0.05) is 6.92 Å². The predicted molar refractivity (Wildman–Crippen MR) is 51.1 cm³/mol. The molecule has 0 saturated heterocycles. The van der Waals surface area contributed by atoms with E-state index in [2.05, 4.69) is 14.7 Å². The monoisotopic (exact) mass is 242 g/mol. The van der Waals surface area contributed by atoms with Gasteiger partial charge in [-0.05, 0) is 0 Å². The molecular formula is C8H7FN4O4. The van der Waals surface area contributed by atoms with E-state index in [9.17, 15) is 19.1 Å². The van der Waals surface area contributed by atoms with Gasteiger partial charge in [-0.25, -0.2) is 4.79 Å². The van der Waals surface area contributed by atoms with Crippen LogP contribution in [0.3, 0.4) is 0 Å². The molecule has 90 valence electrons. The molecule has 0 atom stereocenters. The number of hydrogen-bond acceptors (Lipinski definition) is 6. The molecule has 0 spiro atoms. The standard InChI is InChI=1S/C8H7FN4O4/c1-3-10-4(12-17-3)2-13-7(15)5(9)6(14)11-8(13)16/h15H,2H2,1H3,(H,11,14,16). The quantitative estimate of drug-likeness (QED) is 0.706. The van der Waals surface area contributed by atoms with E-state index < -0.39 is 22.9 Å². The Balaban J connectivity index is 2.50. The molecule has 0 amide bonds. The van der Waals surface area contributed by atoms with E-state index in [-0.39, 0.29) is 18.3 Å². The van der Waals surface area contributed by atoms with Crippen LogP contribution in [0, 0.1) is 12.7 Å². The minimum Gasteiger partial charge on any atom is -0.492 e. The van der Waals surface area contributed by atoms with Crippen molar-refractivity contribution < 1.29 is 14.0 Å². The van der Waals surface area contributed by atoms with E-state index in [0.717, 1.165) is 0 Å². The van der Waals surface area contributed by atoms with Crippen molar-refractivity contribution in [2.75, 3.05) is 0 Å². The zero-order valence-corrected chi connectivity index (χ0v) is 8.60. The molecule has 0 aromatic carbocycles. The molecule has 8 nitrogen and oxygen atoms in total. The number of nitrogens with one attached hydrogen (secondary N) is 1. The summed E-state index contributed by atoms with van der Waals surface area (Å²) in [5.74, 6) is -2.17. The van der Waals surface area contributed by atoms with Crippen LogP contribution in [0.5, 0.6) is 5.88 Å². The van der Waals surface area contributed by atoms with Crippen LogP contribution in [-0.2, 0) is 6.54 Å². The Kier molecular flexibility index (Phi) is 2.50. The van der Waals surface area contributed by atoms with Crippen molar-refractivity contribution in [3.05, 3.63) is 38.4 Å². The number of nitrogens with zero attached hydrogens (tertiary/aromatic N) is 3. The van der Waals surface area contributed by atoms with Gasteiger partial charge < -0.3 is 9.63 Å². The summed E-state index contributed by atoms with van der Waals surface area (Å²) in [6.07, 6.45) is 0. The summed E-state index contributed by atoms with van der Waals surface area (Å²) in [5.41, 5.74) is -2.25. The second kappa shape index (κ2) is 3.85. The highest BCUT2D eigenvalue weighted by Gasteiger charge is 2.15. The van der Waals surface area contributed by atoms with E-state index in [1.807, 2.05) is 0 Å². The average molecular weight is 242 g/mol. The van der Waals surface area contributed by atoms with Gasteiger partial charge in [0.1, 0.15) is 0 Å². The number of rotatable bonds is 2. The molecule has 0 aliphatic rings. The Morgan fingerprint density at radius 1 is 1.53 bits per heavy atom. The first-order chi connectivity index (χ1) is 7.99. The van der Waals surface area contributed by atoms with Gasteiger partial charge in [0.2, 0.25) is 17.6 Å². The van der Waals surface area contributed by atoms with Crippen molar-refractivity contribution in [1.82, 2.24) is 19.7 Å². The van der Waals surface area contributed by atoms with Crippen molar-refractivity contribution in [2.45, 2.75) is 13.5 Å². The van der Waals surface area contributed by atoms with Crippen LogP contribution >= 0.6 is 0 Å². The lowest BCUT2D eigenvalue weighted by molar-refractivity contribution is 0.358. The maximum Gasteiger partial charge on any atom is 0.331 e. The van der Waals surface area contributed by atoms with Gasteiger partial charge in [-0.3, -0.25) is 14.3 Å². The third kappa shape index (κ3) is 1.94. The molecule has 0 fully saturated rings. The average Bonchev–Trinajstić information content (AvgIpc) is 2.67. The molecule has 2 aromatic rings. The lowest BCUT2D eigenvalue weighted by Crippen LogP contribution is -2.32. The molecule has 2 heterocycles. The first kappa shape index (κ1) is 11.0. The second-order valence-corrected chi connectivity index (χ2v) is 3.21. The summed E-state index contributed by atoms with van der Waals surface area (Å²) in [6, 6.07) is 0. The van der Waals surface area contributed by atoms with E-state index in [0.29, 0.717) is 4.57 Å². The molecule has 2 N–H and O–H groups in total. The highest BCUT2D eigenvalue weighted by molar-refractivity contribution is 5.10. The van der Waals surface area contributed by atoms with Gasteiger partial charge in [-0.1, -0.05) is 5.16 Å². The third-order valence-corrected chi connectivity index (χ3v) is 1.99. The van der Waals surface area contributed by atoms with Crippen molar-refractivity contribution >= 4 is 0 Å². The number of aromatic hydroxyl groups is 1. The molecular weight excluding hydrogens is 235 g/mol. The van der Waals surface area contributed by atoms with Crippen molar-refractivity contribution in [2.24, 2.45) is 0 Å². The highest BCUT2D eigenvalue weighted by Crippen LogP contribution is 2.08. The summed E-state index contributed by atoms with van der Waals surface area (Å²) in [5, 5.41) is 12.8. The maximum absolute atomic E-state index is 13.1. The lowest BCUT2D eigenvalue weighted by atomic mass is 10.5. The van der Waals surface area contributed by atoms with Crippen molar-refractivity contribution in [1.29, 1.82) is 0 Å². The van der Waals surface area contributed by atoms with E-state index in [1.54, 1.807) is 4.98 Å². The van der Waals surface area contributed by atoms with Crippen LogP contribution in [0.1, 0.15) is 11.7 Å². The van der Waals surface area contributed by atoms with Gasteiger partial charge in [0.15, 0.2) is 5.82 Å². The summed E-state index contributed by atoms with van der Waals surface area (Å²) < 4.78 is 18.3. The molecule has 2 aromatic heterocycles. The first-order valence-electron chi connectivity index (χ1n) is 4.50. The number of aromatic amines is 1. The van der Waals surface area contributed by atoms with Gasteiger partial charge in [0.05, 0.1) is 6.54 Å². The van der Waals surface area contributed by atoms with Gasteiger partial charge >= 0.3 is 5.69 Å². The first-order valence-corrected chi connectivity index (χ1v) is 4.50. The molecule has 0 unspecified atom stereocenters. The number of hydrogen-bond donors (Lipinski definition) is 2. The second-order valence-electron chi connectivity index (χ2n) is 3.21. The normalized spacial score (nSPS) is 10.7. The Labute approximate surface area is 92.3 Å². The maximum atomic E-state index is 13.1. The van der Waals surface area contributed by atoms with Gasteiger partial charge in [-0.15, -0.1) is 0 Å². The fourth-order valence-corrected chi connectivity index (χ4v) is 1.23. The summed E-state index contributed by atoms with van der Waals surface area (Å²) >= 11 is 0. The van der Waals surface area contributed by atoms with E-state index in [4.69, 9.17) is 0 Å². The number of halogens is 1. The summed E-state index contributed by atoms with van der Waals surface area (Å²) in [4.78, 5) is 27.6. The van der Waals surface area contributed by atoms with Gasteiger partial charge in [-0.2, -0.15) is 9.37 Å². The van der Waals surface area contributed by atoms with Gasteiger partial charge in [0.25, 0.3) is 5.56 Å². The predicted octanol–water partition coefficient (Wildman–Crippen LogP) is -0.879. The molecule has 0 radical (unpaired) electrons. The van der Waals surface area contributed by atoms with E-state index in [1.165, 1.54) is 6.92 Å². The fraction of sp³-hybridized carbons (Fsp3) is 0.250. The summed E-state index contributed by atoms with van der Waals surface area (Å²) in [7, 11) is 0. The number of H-pyrrole nitrogens is 1. The third-order valence-electron chi connectivity index (χ3n) is 1.99. The van der Waals surface area contributed by atoms with E-state index >= 15 is 0 Å². The molecule has 17 heavy (non-hydrogen) atoms. The zero-order chi connectivity index (χ0) is 12.6. The number of aryl methyl sites for hydroxylation is 1. The van der Waals surface area contributed by atoms with Crippen LogP contribution in [0.25, 0.3) is 0 Å². The molecule has 2 rings (SSSR count). The van der Waals surface area contributed by atoms with Crippen molar-refractivity contribution in [3.8, 4) is 5.88 Å². The largest absolute Gasteiger partial charge is 0.492 e. The minimum absolute atomic E-state index is 0.0753. The molecule has 0 aliphatic carbocycles. The van der Waals surface area contributed by atoms with Crippen LogP contribution in [0.2, 0.25) is 0 Å². The smallest absolute Gasteiger partial charge is 0.331 e. The Bertz CT molecular complexity index is 671. The molecule has 9 heteroatoms. The van der Waals surface area contributed by atoms with Crippen LogP contribution in [-0.4, -0.2) is 24.8 Å². The minimum atomic E-state index is -1.44. The number of aromatic nitrogens is 4. The Morgan fingerprint density at radius 3 is 2.82 bits per heavy atom. The van der Waals surface area contributed by atoms with Crippen LogP contribution < -0.4 is 11.2 Å². The zero-order valence-electron chi connectivity index (χ0n) is 8.60. The van der Waals surface area contributed by atoms with Crippen molar-refractivity contribution in [3.63, 3.8) is 0 Å². The Hall–Kier alpha value is -2.45. The fourth-order valence-electron chi connectivity index (χ4n) is 1.23. The van der Waals surface area contributed by atoms with Crippen LogP contribution in [0.4, 0.5) is 4.39 Å². The molecule has 0 aliphatic heterocycles. The van der Waals surface area contributed by atoms with Crippen LogP contribution in [0.15, 0.2) is 14.1 Å².